The molecule has 0 bridgehead atoms. The molecule has 31 heavy (non-hydrogen) atoms. The number of thiazole rings is 1. The lowest BCUT2D eigenvalue weighted by molar-refractivity contribution is -0.206. The molecule has 0 saturated carbocycles. The van der Waals surface area contributed by atoms with Crippen LogP contribution >= 0.6 is 11.3 Å². The molecule has 0 spiro atoms. The van der Waals surface area contributed by atoms with E-state index in [1.807, 2.05) is 36.4 Å². The second kappa shape index (κ2) is 7.69. The first-order valence-corrected chi connectivity index (χ1v) is 10.8. The summed E-state index contributed by atoms with van der Waals surface area (Å²) in [7, 11) is 1.53. The fourth-order valence-electron chi connectivity index (χ4n) is 3.75. The van der Waals surface area contributed by atoms with Crippen molar-refractivity contribution in [1.82, 2.24) is 4.98 Å². The fourth-order valence-corrected chi connectivity index (χ4v) is 4.66. The predicted molar refractivity (Wildman–Crippen MR) is 120 cm³/mol. The van der Waals surface area contributed by atoms with Gasteiger partial charge >= 0.3 is 5.97 Å². The lowest BCUT2D eigenvalue weighted by Gasteiger charge is -2.43. The van der Waals surface area contributed by atoms with Crippen LogP contribution < -0.4 is 14.8 Å². The van der Waals surface area contributed by atoms with E-state index >= 15 is 0 Å². The maximum atomic E-state index is 13.2. The van der Waals surface area contributed by atoms with Gasteiger partial charge in [0, 0.05) is 12.5 Å². The van der Waals surface area contributed by atoms with Gasteiger partial charge in [-0.25, -0.2) is 4.98 Å². The van der Waals surface area contributed by atoms with Crippen LogP contribution in [0.4, 0.5) is 5.13 Å². The number of benzene rings is 2. The molecule has 1 aliphatic rings. The van der Waals surface area contributed by atoms with Crippen LogP contribution in [-0.2, 0) is 9.53 Å². The van der Waals surface area contributed by atoms with Crippen LogP contribution in [0.1, 0.15) is 39.3 Å². The van der Waals surface area contributed by atoms with Crippen molar-refractivity contribution in [2.75, 3.05) is 12.4 Å². The number of aliphatic hydroxyl groups is 1. The zero-order chi connectivity index (χ0) is 22.4. The Labute approximate surface area is 185 Å². The molecular formula is C23H26N2O5S. The fraction of sp³-hybridized carbons (Fsp3) is 0.391. The maximum Gasteiger partial charge on any atom is 0.318 e. The molecule has 2 N–H and O–H groups in total. The number of fused-ring (bicyclic) bond motifs is 2. The normalized spacial score (nSPS) is 23.0. The zero-order valence-electron chi connectivity index (χ0n) is 18.1. The summed E-state index contributed by atoms with van der Waals surface area (Å²) in [4.78, 5) is 17.9. The first-order chi connectivity index (χ1) is 14.6. The molecule has 0 fully saturated rings. The van der Waals surface area contributed by atoms with Gasteiger partial charge in [0.15, 0.2) is 16.6 Å². The minimum atomic E-state index is -1.84. The van der Waals surface area contributed by atoms with Crippen molar-refractivity contribution in [2.24, 2.45) is 5.92 Å². The van der Waals surface area contributed by atoms with E-state index in [1.54, 1.807) is 26.8 Å². The van der Waals surface area contributed by atoms with Crippen molar-refractivity contribution in [3.8, 4) is 11.5 Å². The lowest BCUT2D eigenvalue weighted by atomic mass is 9.83. The molecule has 7 nitrogen and oxygen atoms in total. The number of carbonyl (C=O) groups is 1. The summed E-state index contributed by atoms with van der Waals surface area (Å²) in [5, 5.41) is 15.2. The van der Waals surface area contributed by atoms with Crippen LogP contribution in [0.3, 0.4) is 0 Å². The van der Waals surface area contributed by atoms with Gasteiger partial charge in [0.2, 0.25) is 5.79 Å². The van der Waals surface area contributed by atoms with Gasteiger partial charge in [0.05, 0.1) is 23.4 Å². The number of hydrogen-bond acceptors (Lipinski definition) is 8. The second-order valence-electron chi connectivity index (χ2n) is 8.66. The first kappa shape index (κ1) is 21.4. The molecule has 2 aromatic carbocycles. The zero-order valence-corrected chi connectivity index (χ0v) is 18.9. The van der Waals surface area contributed by atoms with Crippen molar-refractivity contribution < 1.29 is 24.1 Å². The number of para-hydroxylation sites is 2. The smallest absolute Gasteiger partial charge is 0.318 e. The predicted octanol–water partition coefficient (Wildman–Crippen LogP) is 4.52. The van der Waals surface area contributed by atoms with Gasteiger partial charge in [-0.1, -0.05) is 35.6 Å². The largest absolute Gasteiger partial charge is 0.493 e. The molecule has 0 aliphatic carbocycles. The Kier molecular flexibility index (Phi) is 5.31. The van der Waals surface area contributed by atoms with Crippen LogP contribution in [0.25, 0.3) is 10.2 Å². The third-order valence-electron chi connectivity index (χ3n) is 5.02. The number of ether oxygens (including phenoxy) is 3. The summed E-state index contributed by atoms with van der Waals surface area (Å²) < 4.78 is 18.0. The number of nitrogens with zero attached hydrogens (tertiary/aromatic N) is 1. The van der Waals surface area contributed by atoms with E-state index in [0.29, 0.717) is 22.2 Å². The third-order valence-corrected chi connectivity index (χ3v) is 5.98. The molecule has 3 atom stereocenters. The van der Waals surface area contributed by atoms with E-state index in [9.17, 15) is 9.90 Å². The van der Waals surface area contributed by atoms with E-state index in [4.69, 9.17) is 14.2 Å². The second-order valence-corrected chi connectivity index (χ2v) is 9.69. The molecule has 8 heteroatoms. The van der Waals surface area contributed by atoms with Crippen LogP contribution in [0.2, 0.25) is 0 Å². The molecule has 164 valence electrons. The number of nitrogens with one attached hydrogen (secondary N) is 1. The SMILES string of the molecule is COc1cccc2c1O[C@@](C)(O)[C@@H](C(=O)OC(C)(C)C)[C@@H]2Nc1nc2ccccc2s1. The molecule has 1 aliphatic heterocycles. The Morgan fingerprint density at radius 2 is 1.97 bits per heavy atom. The van der Waals surface area contributed by atoms with Gasteiger partial charge in [-0.15, -0.1) is 0 Å². The van der Waals surface area contributed by atoms with Crippen molar-refractivity contribution in [3.63, 3.8) is 0 Å². The third kappa shape index (κ3) is 4.18. The number of anilines is 1. The lowest BCUT2D eigenvalue weighted by Crippen LogP contribution is -2.53. The monoisotopic (exact) mass is 442 g/mol. The standard InChI is InChI=1S/C23H26N2O5S/c1-22(2,3)30-20(26)17-18(25-21-24-14-10-6-7-12-16(14)31-21)13-9-8-11-15(28-5)19(13)29-23(17,4)27/h6-12,17-18,27H,1-5H3,(H,24,25)/t17-,18-,23-/m1/s1. The van der Waals surface area contributed by atoms with Crippen LogP contribution in [0, 0.1) is 5.92 Å². The summed E-state index contributed by atoms with van der Waals surface area (Å²) in [5.41, 5.74) is 0.817. The van der Waals surface area contributed by atoms with Gasteiger partial charge in [-0.3, -0.25) is 4.79 Å². The number of carbonyl (C=O) groups excluding carboxylic acids is 1. The number of esters is 1. The van der Waals surface area contributed by atoms with Crippen LogP contribution in [0.15, 0.2) is 42.5 Å². The van der Waals surface area contributed by atoms with Crippen molar-refractivity contribution >= 4 is 32.7 Å². The van der Waals surface area contributed by atoms with Crippen molar-refractivity contribution in [3.05, 3.63) is 48.0 Å². The molecule has 4 rings (SSSR count). The topological polar surface area (TPSA) is 89.9 Å². The molecule has 0 unspecified atom stereocenters. The summed E-state index contributed by atoms with van der Waals surface area (Å²) in [6, 6.07) is 12.6. The van der Waals surface area contributed by atoms with E-state index in [2.05, 4.69) is 10.3 Å². The molecular weight excluding hydrogens is 416 g/mol. The highest BCUT2D eigenvalue weighted by Crippen LogP contribution is 2.49. The highest BCUT2D eigenvalue weighted by atomic mass is 32.1. The number of methoxy groups -OCH3 is 1. The van der Waals surface area contributed by atoms with Gasteiger partial charge in [0.1, 0.15) is 11.5 Å². The average Bonchev–Trinajstić information content (AvgIpc) is 3.07. The quantitative estimate of drug-likeness (QED) is 0.574. The van der Waals surface area contributed by atoms with Crippen molar-refractivity contribution in [2.45, 2.75) is 45.1 Å². The van der Waals surface area contributed by atoms with Crippen LogP contribution in [-0.4, -0.2) is 34.6 Å². The Bertz CT molecular complexity index is 1090. The molecule has 0 radical (unpaired) electrons. The molecule has 0 amide bonds. The van der Waals surface area contributed by atoms with E-state index in [1.165, 1.54) is 25.4 Å². The highest BCUT2D eigenvalue weighted by molar-refractivity contribution is 7.22. The summed E-state index contributed by atoms with van der Waals surface area (Å²) in [6.07, 6.45) is 0. The Hall–Kier alpha value is -2.84. The van der Waals surface area contributed by atoms with Gasteiger partial charge < -0.3 is 24.6 Å². The molecule has 3 aromatic rings. The Balaban J connectivity index is 1.82. The van der Waals surface area contributed by atoms with Crippen LogP contribution in [0.5, 0.6) is 11.5 Å². The number of rotatable bonds is 4. The molecule has 2 heterocycles. The maximum absolute atomic E-state index is 13.2. The van der Waals surface area contributed by atoms with E-state index < -0.39 is 29.3 Å². The van der Waals surface area contributed by atoms with E-state index in [0.717, 1.165) is 10.2 Å². The molecule has 0 saturated heterocycles. The van der Waals surface area contributed by atoms with Crippen molar-refractivity contribution in [1.29, 1.82) is 0 Å². The minimum absolute atomic E-state index is 0.383. The highest BCUT2D eigenvalue weighted by Gasteiger charge is 2.53. The number of hydrogen-bond donors (Lipinski definition) is 2. The Morgan fingerprint density at radius 1 is 1.23 bits per heavy atom. The Morgan fingerprint density at radius 3 is 2.65 bits per heavy atom. The van der Waals surface area contributed by atoms with Gasteiger partial charge in [0.25, 0.3) is 0 Å². The number of aromatic nitrogens is 1. The average molecular weight is 443 g/mol. The van der Waals surface area contributed by atoms with Gasteiger partial charge in [-0.2, -0.15) is 0 Å². The first-order valence-electron chi connectivity index (χ1n) is 10.0. The minimum Gasteiger partial charge on any atom is -0.493 e. The summed E-state index contributed by atoms with van der Waals surface area (Å²) in [6.45, 7) is 6.83. The summed E-state index contributed by atoms with van der Waals surface area (Å²) in [5.74, 6) is -2.59. The summed E-state index contributed by atoms with van der Waals surface area (Å²) >= 11 is 1.47. The molecule has 1 aromatic heterocycles. The van der Waals surface area contributed by atoms with Gasteiger partial charge in [-0.05, 0) is 39.0 Å². The van der Waals surface area contributed by atoms with E-state index in [-0.39, 0.29) is 0 Å².